The van der Waals surface area contributed by atoms with E-state index in [1.54, 1.807) is 29.4 Å². The molecular formula is C17H19FN4O2. The Balaban J connectivity index is 1.51. The summed E-state index contributed by atoms with van der Waals surface area (Å²) in [6.07, 6.45) is 6.88. The van der Waals surface area contributed by atoms with Crippen LogP contribution in [0.2, 0.25) is 0 Å². The number of amides is 1. The molecule has 1 atom stereocenters. The third kappa shape index (κ3) is 3.02. The number of aromatic nitrogens is 3. The summed E-state index contributed by atoms with van der Waals surface area (Å²) in [5.74, 6) is 0.826. The normalized spacial score (nSPS) is 24.1. The van der Waals surface area contributed by atoms with Crippen LogP contribution in [0.5, 0.6) is 0 Å². The first kappa shape index (κ1) is 15.2. The molecule has 1 amide bonds. The summed E-state index contributed by atoms with van der Waals surface area (Å²) < 4.78 is 20.6. The lowest BCUT2D eigenvalue weighted by Crippen LogP contribution is -2.46. The van der Waals surface area contributed by atoms with Gasteiger partial charge in [0.25, 0.3) is 5.89 Å². The Bertz CT molecular complexity index is 731. The molecule has 24 heavy (non-hydrogen) atoms. The molecule has 1 saturated heterocycles. The Hall–Kier alpha value is -2.31. The van der Waals surface area contributed by atoms with Crippen molar-refractivity contribution in [2.45, 2.75) is 37.8 Å². The fourth-order valence-corrected chi connectivity index (χ4v) is 3.12. The molecule has 2 fully saturated rings. The van der Waals surface area contributed by atoms with Gasteiger partial charge in [-0.15, -0.1) is 0 Å². The maximum atomic E-state index is 15.4. The molecule has 2 aliphatic rings. The van der Waals surface area contributed by atoms with E-state index in [0.717, 1.165) is 18.4 Å². The molecule has 1 unspecified atom stereocenters. The maximum Gasteiger partial charge on any atom is 0.266 e. The molecule has 0 N–H and O–H groups in total. The number of carbonyl (C=O) groups excluding carboxylic acids is 1. The van der Waals surface area contributed by atoms with E-state index in [-0.39, 0.29) is 24.8 Å². The molecule has 6 nitrogen and oxygen atoms in total. The molecule has 0 spiro atoms. The van der Waals surface area contributed by atoms with E-state index in [2.05, 4.69) is 15.1 Å². The molecule has 3 heterocycles. The van der Waals surface area contributed by atoms with Gasteiger partial charge in [-0.3, -0.25) is 9.78 Å². The average molecular weight is 330 g/mol. The molecule has 4 rings (SSSR count). The van der Waals surface area contributed by atoms with Crippen LogP contribution < -0.4 is 0 Å². The largest absolute Gasteiger partial charge is 0.339 e. The van der Waals surface area contributed by atoms with E-state index < -0.39 is 5.67 Å². The lowest BCUT2D eigenvalue weighted by molar-refractivity contribution is -0.136. The van der Waals surface area contributed by atoms with Gasteiger partial charge in [-0.1, -0.05) is 5.16 Å². The van der Waals surface area contributed by atoms with Crippen molar-refractivity contribution in [2.24, 2.45) is 5.92 Å². The van der Waals surface area contributed by atoms with E-state index in [9.17, 15) is 4.79 Å². The number of rotatable bonds is 4. The summed E-state index contributed by atoms with van der Waals surface area (Å²) in [5.41, 5.74) is -1.04. The van der Waals surface area contributed by atoms with Crippen molar-refractivity contribution in [3.8, 4) is 11.4 Å². The van der Waals surface area contributed by atoms with Crippen LogP contribution in [-0.4, -0.2) is 39.0 Å². The van der Waals surface area contributed by atoms with Crippen molar-refractivity contribution < 1.29 is 13.7 Å². The third-order valence-electron chi connectivity index (χ3n) is 4.70. The highest BCUT2D eigenvalue weighted by Crippen LogP contribution is 2.37. The molecule has 7 heteroatoms. The highest BCUT2D eigenvalue weighted by atomic mass is 19.1. The van der Waals surface area contributed by atoms with Crippen molar-refractivity contribution in [3.05, 3.63) is 30.4 Å². The summed E-state index contributed by atoms with van der Waals surface area (Å²) in [7, 11) is 0. The summed E-state index contributed by atoms with van der Waals surface area (Å²) >= 11 is 0. The van der Waals surface area contributed by atoms with E-state index in [4.69, 9.17) is 4.52 Å². The molecular weight excluding hydrogens is 311 g/mol. The van der Waals surface area contributed by atoms with Gasteiger partial charge in [0.05, 0.1) is 6.54 Å². The summed E-state index contributed by atoms with van der Waals surface area (Å²) in [6.45, 7) is 0.596. The minimum Gasteiger partial charge on any atom is -0.339 e. The predicted octanol–water partition coefficient (Wildman–Crippen LogP) is 2.72. The molecule has 1 aliphatic heterocycles. The van der Waals surface area contributed by atoms with Crippen molar-refractivity contribution in [3.63, 3.8) is 0 Å². The molecule has 0 radical (unpaired) electrons. The number of pyridine rings is 1. The maximum absolute atomic E-state index is 15.4. The fraction of sp³-hybridized carbons (Fsp3) is 0.529. The van der Waals surface area contributed by atoms with Gasteiger partial charge in [0, 0.05) is 30.9 Å². The van der Waals surface area contributed by atoms with E-state index >= 15 is 4.39 Å². The fourth-order valence-electron chi connectivity index (χ4n) is 3.12. The molecule has 126 valence electrons. The first-order chi connectivity index (χ1) is 11.6. The Morgan fingerprint density at radius 2 is 2.17 bits per heavy atom. The highest BCUT2D eigenvalue weighted by molar-refractivity contribution is 5.77. The Morgan fingerprint density at radius 3 is 2.92 bits per heavy atom. The lowest BCUT2D eigenvalue weighted by atomic mass is 9.94. The van der Waals surface area contributed by atoms with Gasteiger partial charge in [-0.2, -0.15) is 4.98 Å². The van der Waals surface area contributed by atoms with E-state index in [0.29, 0.717) is 31.1 Å². The standard InChI is InChI=1S/C17H19FN4O2/c18-17(6-1-9-22(11-17)14(23)10-12-2-3-12)16-20-15(21-24-16)13-4-7-19-8-5-13/h4-5,7-8,12H,1-3,6,9-11H2. The lowest BCUT2D eigenvalue weighted by Gasteiger charge is -2.35. The second-order valence-electron chi connectivity index (χ2n) is 6.69. The topological polar surface area (TPSA) is 72.1 Å². The van der Waals surface area contributed by atoms with Gasteiger partial charge in [0.2, 0.25) is 17.4 Å². The van der Waals surface area contributed by atoms with Crippen LogP contribution in [0.15, 0.2) is 29.0 Å². The summed E-state index contributed by atoms with van der Waals surface area (Å²) in [4.78, 5) is 22.0. The van der Waals surface area contributed by atoms with Gasteiger partial charge < -0.3 is 9.42 Å². The second-order valence-corrected chi connectivity index (χ2v) is 6.69. The Labute approximate surface area is 139 Å². The summed E-state index contributed by atoms with van der Waals surface area (Å²) in [5, 5.41) is 3.88. The van der Waals surface area contributed by atoms with Crippen molar-refractivity contribution in [2.75, 3.05) is 13.1 Å². The number of alkyl halides is 1. The van der Waals surface area contributed by atoms with Crippen molar-refractivity contribution in [1.29, 1.82) is 0 Å². The van der Waals surface area contributed by atoms with Crippen LogP contribution in [0.1, 0.15) is 38.0 Å². The minimum atomic E-state index is -1.77. The van der Waals surface area contributed by atoms with Crippen molar-refractivity contribution >= 4 is 5.91 Å². The van der Waals surface area contributed by atoms with Gasteiger partial charge in [-0.25, -0.2) is 4.39 Å². The number of piperidine rings is 1. The Kier molecular flexibility index (Phi) is 3.78. The molecule has 2 aromatic heterocycles. The quantitative estimate of drug-likeness (QED) is 0.862. The second kappa shape index (κ2) is 5.96. The van der Waals surface area contributed by atoms with Crippen LogP contribution in [0.3, 0.4) is 0 Å². The van der Waals surface area contributed by atoms with Gasteiger partial charge in [0.15, 0.2) is 0 Å². The van der Waals surface area contributed by atoms with E-state index in [1.807, 2.05) is 0 Å². The van der Waals surface area contributed by atoms with Crippen LogP contribution >= 0.6 is 0 Å². The van der Waals surface area contributed by atoms with Gasteiger partial charge in [0.1, 0.15) is 0 Å². The predicted molar refractivity (Wildman–Crippen MR) is 83.5 cm³/mol. The molecule has 1 aliphatic carbocycles. The van der Waals surface area contributed by atoms with Gasteiger partial charge >= 0.3 is 0 Å². The monoisotopic (exact) mass is 330 g/mol. The SMILES string of the molecule is O=C(CC1CC1)N1CCCC(F)(c2nc(-c3ccncc3)no2)C1. The zero-order valence-electron chi connectivity index (χ0n) is 13.3. The molecule has 0 aromatic carbocycles. The zero-order valence-corrected chi connectivity index (χ0v) is 13.3. The average Bonchev–Trinajstić information content (AvgIpc) is 3.26. The third-order valence-corrected chi connectivity index (χ3v) is 4.70. The molecule has 2 aromatic rings. The van der Waals surface area contributed by atoms with Crippen LogP contribution in [0, 0.1) is 5.92 Å². The number of halogens is 1. The zero-order chi connectivity index (χ0) is 16.6. The van der Waals surface area contributed by atoms with Crippen LogP contribution in [0.4, 0.5) is 4.39 Å². The smallest absolute Gasteiger partial charge is 0.266 e. The number of likely N-dealkylation sites (tertiary alicyclic amines) is 1. The number of hydrogen-bond donors (Lipinski definition) is 0. The number of carbonyl (C=O) groups is 1. The number of hydrogen-bond acceptors (Lipinski definition) is 5. The van der Waals surface area contributed by atoms with Gasteiger partial charge in [-0.05, 0) is 43.7 Å². The van der Waals surface area contributed by atoms with E-state index in [1.165, 1.54) is 0 Å². The highest BCUT2D eigenvalue weighted by Gasteiger charge is 2.44. The first-order valence-corrected chi connectivity index (χ1v) is 8.35. The Morgan fingerprint density at radius 1 is 1.38 bits per heavy atom. The van der Waals surface area contributed by atoms with Crippen LogP contribution in [0.25, 0.3) is 11.4 Å². The minimum absolute atomic E-state index is 0.00344. The number of nitrogens with zero attached hydrogens (tertiary/aromatic N) is 4. The molecule has 0 bridgehead atoms. The first-order valence-electron chi connectivity index (χ1n) is 8.35. The molecule has 1 saturated carbocycles. The summed E-state index contributed by atoms with van der Waals surface area (Å²) in [6, 6.07) is 3.48. The van der Waals surface area contributed by atoms with Crippen molar-refractivity contribution in [1.82, 2.24) is 20.0 Å². The van der Waals surface area contributed by atoms with Crippen LogP contribution in [-0.2, 0) is 10.5 Å².